The lowest BCUT2D eigenvalue weighted by Gasteiger charge is -2.42. The van der Waals surface area contributed by atoms with Crippen molar-refractivity contribution in [3.8, 4) is 5.75 Å². The van der Waals surface area contributed by atoms with Crippen LogP contribution in [0.4, 0.5) is 5.69 Å². The molecule has 9 heteroatoms. The lowest BCUT2D eigenvalue weighted by molar-refractivity contribution is 0.0460. The Balaban J connectivity index is 1.54. The first-order valence-corrected chi connectivity index (χ1v) is 15.4. The molecule has 4 atom stereocenters. The van der Waals surface area contributed by atoms with Gasteiger partial charge in [0.05, 0.1) is 17.5 Å². The Morgan fingerprint density at radius 2 is 1.92 bits per heavy atom. The quantitative estimate of drug-likeness (QED) is 0.455. The highest BCUT2D eigenvalue weighted by molar-refractivity contribution is 7.90. The minimum Gasteiger partial charge on any atom is -0.487 e. The number of fused-ring (bicyclic) bond motifs is 3. The van der Waals surface area contributed by atoms with E-state index in [4.69, 9.17) is 16.3 Å². The lowest BCUT2D eigenvalue weighted by atomic mass is 9.70. The molecule has 0 spiro atoms. The predicted molar refractivity (Wildman–Crippen MR) is 149 cm³/mol. The van der Waals surface area contributed by atoms with E-state index < -0.39 is 22.0 Å². The number of ether oxygens (including phenoxy) is 1. The SMILES string of the molecule is C[C@@H]1/C=C/[C@H](O)[C@@H]2CC[C@H]2CN2CCCCc3cc(Cl)ccc3COc3ccc(cc32)C(=O)NS(=O)(=O)C1. The average Bonchev–Trinajstić information content (AvgIpc) is 2.87. The van der Waals surface area contributed by atoms with Crippen LogP contribution in [0.5, 0.6) is 5.75 Å². The highest BCUT2D eigenvalue weighted by Gasteiger charge is 2.37. The summed E-state index contributed by atoms with van der Waals surface area (Å²) in [6, 6.07) is 11.0. The van der Waals surface area contributed by atoms with Crippen molar-refractivity contribution in [1.82, 2.24) is 4.72 Å². The Morgan fingerprint density at radius 1 is 1.08 bits per heavy atom. The Morgan fingerprint density at radius 3 is 2.71 bits per heavy atom. The van der Waals surface area contributed by atoms with Crippen LogP contribution in [-0.2, 0) is 23.1 Å². The van der Waals surface area contributed by atoms with E-state index in [1.54, 1.807) is 37.3 Å². The van der Waals surface area contributed by atoms with E-state index in [0.29, 0.717) is 17.4 Å². The van der Waals surface area contributed by atoms with Crippen LogP contribution < -0.4 is 14.4 Å². The molecule has 2 heterocycles. The molecule has 2 aromatic rings. The molecule has 2 bridgehead atoms. The Hall–Kier alpha value is -2.55. The third kappa shape index (κ3) is 6.19. The molecule has 1 amide bonds. The number of aliphatic hydroxyl groups is 1. The van der Waals surface area contributed by atoms with Gasteiger partial charge in [0.2, 0.25) is 10.0 Å². The van der Waals surface area contributed by atoms with E-state index in [1.807, 2.05) is 18.2 Å². The van der Waals surface area contributed by atoms with E-state index in [2.05, 4.69) is 9.62 Å². The van der Waals surface area contributed by atoms with E-state index in [-0.39, 0.29) is 29.1 Å². The maximum absolute atomic E-state index is 13.0. The molecule has 2 aromatic carbocycles. The number of halogens is 1. The number of carbonyl (C=O) groups excluding carboxylic acids is 1. The molecule has 1 fully saturated rings. The molecule has 0 radical (unpaired) electrons. The lowest BCUT2D eigenvalue weighted by Crippen LogP contribution is -2.43. The number of rotatable bonds is 0. The van der Waals surface area contributed by atoms with Crippen molar-refractivity contribution in [2.24, 2.45) is 17.8 Å². The number of nitrogens with one attached hydrogen (secondary N) is 1. The van der Waals surface area contributed by atoms with E-state index in [1.165, 1.54) is 5.56 Å². The highest BCUT2D eigenvalue weighted by Crippen LogP contribution is 2.41. The zero-order valence-corrected chi connectivity index (χ0v) is 23.2. The summed E-state index contributed by atoms with van der Waals surface area (Å²) in [5, 5.41) is 11.6. The molecule has 1 saturated carbocycles. The normalized spacial score (nSPS) is 28.5. The first kappa shape index (κ1) is 27.0. The summed E-state index contributed by atoms with van der Waals surface area (Å²) in [5.74, 6) is -0.206. The zero-order valence-electron chi connectivity index (χ0n) is 21.6. The maximum Gasteiger partial charge on any atom is 0.264 e. The minimum absolute atomic E-state index is 0.108. The van der Waals surface area contributed by atoms with Crippen LogP contribution in [0.25, 0.3) is 0 Å². The molecule has 5 rings (SSSR count). The minimum atomic E-state index is -3.87. The second-order valence-corrected chi connectivity index (χ2v) is 13.1. The molecule has 0 saturated heterocycles. The van der Waals surface area contributed by atoms with Gasteiger partial charge in [-0.05, 0) is 91.3 Å². The number of aryl methyl sites for hydroxylation is 1. The number of aliphatic hydroxyl groups excluding tert-OH is 1. The largest absolute Gasteiger partial charge is 0.487 e. The van der Waals surface area contributed by atoms with Gasteiger partial charge in [-0.25, -0.2) is 13.1 Å². The second kappa shape index (κ2) is 11.3. The van der Waals surface area contributed by atoms with Crippen LogP contribution in [0.15, 0.2) is 48.6 Å². The number of hydrogen-bond donors (Lipinski definition) is 2. The van der Waals surface area contributed by atoms with E-state index in [9.17, 15) is 18.3 Å². The van der Waals surface area contributed by atoms with Crippen LogP contribution in [0.3, 0.4) is 0 Å². The summed E-state index contributed by atoms with van der Waals surface area (Å²) < 4.78 is 34.0. The maximum atomic E-state index is 13.0. The van der Waals surface area contributed by atoms with Crippen LogP contribution in [0.1, 0.15) is 54.1 Å². The Labute approximate surface area is 229 Å². The highest BCUT2D eigenvalue weighted by atomic mass is 35.5. The summed E-state index contributed by atoms with van der Waals surface area (Å²) >= 11 is 6.27. The monoisotopic (exact) mass is 558 g/mol. The van der Waals surface area contributed by atoms with E-state index in [0.717, 1.165) is 56.4 Å². The van der Waals surface area contributed by atoms with Gasteiger partial charge in [-0.3, -0.25) is 4.79 Å². The first-order valence-electron chi connectivity index (χ1n) is 13.4. The fraction of sp³-hybridized carbons (Fsp3) is 0.483. The van der Waals surface area contributed by atoms with Crippen molar-refractivity contribution in [3.63, 3.8) is 0 Å². The van der Waals surface area contributed by atoms with Gasteiger partial charge in [-0.15, -0.1) is 0 Å². The number of anilines is 1. The number of sulfonamides is 1. The fourth-order valence-electron chi connectivity index (χ4n) is 5.72. The Kier molecular flexibility index (Phi) is 8.03. The van der Waals surface area contributed by atoms with Gasteiger partial charge in [0, 0.05) is 23.7 Å². The number of nitrogens with zero attached hydrogens (tertiary/aromatic N) is 1. The molecule has 0 aromatic heterocycles. The molecule has 2 aliphatic heterocycles. The second-order valence-electron chi connectivity index (χ2n) is 10.9. The molecule has 2 N–H and O–H groups in total. The molecular formula is C29H35ClN2O5S. The van der Waals surface area contributed by atoms with Crippen molar-refractivity contribution >= 4 is 33.2 Å². The van der Waals surface area contributed by atoms with E-state index >= 15 is 0 Å². The van der Waals surface area contributed by atoms with Crippen LogP contribution >= 0.6 is 11.6 Å². The van der Waals surface area contributed by atoms with Crippen molar-refractivity contribution in [2.45, 2.75) is 51.7 Å². The van der Waals surface area contributed by atoms with Gasteiger partial charge in [0.1, 0.15) is 12.4 Å². The number of amides is 1. The topological polar surface area (TPSA) is 95.9 Å². The molecule has 3 aliphatic rings. The predicted octanol–water partition coefficient (Wildman–Crippen LogP) is 4.71. The smallest absolute Gasteiger partial charge is 0.264 e. The summed E-state index contributed by atoms with van der Waals surface area (Å²) in [6.07, 6.45) is 7.55. The van der Waals surface area contributed by atoms with Gasteiger partial charge in [0.15, 0.2) is 0 Å². The van der Waals surface area contributed by atoms with Gasteiger partial charge < -0.3 is 14.7 Å². The third-order valence-corrected chi connectivity index (χ3v) is 9.67. The first-order chi connectivity index (χ1) is 18.2. The number of allylic oxidation sites excluding steroid dienone is 1. The van der Waals surface area contributed by atoms with Crippen molar-refractivity contribution in [3.05, 3.63) is 70.3 Å². The van der Waals surface area contributed by atoms with Gasteiger partial charge in [-0.2, -0.15) is 0 Å². The number of carbonyl (C=O) groups is 1. The Bertz CT molecular complexity index is 1330. The third-order valence-electron chi connectivity index (χ3n) is 7.97. The molecule has 38 heavy (non-hydrogen) atoms. The molecule has 204 valence electrons. The molecule has 0 unspecified atom stereocenters. The van der Waals surface area contributed by atoms with Gasteiger partial charge >= 0.3 is 0 Å². The summed E-state index contributed by atoms with van der Waals surface area (Å²) in [5.41, 5.74) is 3.28. The molecule has 7 nitrogen and oxygen atoms in total. The van der Waals surface area contributed by atoms with Gasteiger partial charge in [-0.1, -0.05) is 36.7 Å². The van der Waals surface area contributed by atoms with Crippen LogP contribution in [0.2, 0.25) is 5.02 Å². The number of hydrogen-bond acceptors (Lipinski definition) is 6. The zero-order chi connectivity index (χ0) is 26.9. The standard InChI is InChI=1S/C29H35ClN2O5S/c1-19-5-11-27(33)25-10-7-22(25)16-32-13-3-2-4-20-14-24(30)9-6-23(20)17-37-28-12-8-21(15-26(28)32)29(34)31-38(35,36)18-19/h5-6,8-9,11-12,14-15,19,22,25,27,33H,2-4,7,10,13,16-18H2,1H3,(H,31,34)/b11-5+/t19-,22+,25-,27+/m1/s1. The summed E-state index contributed by atoms with van der Waals surface area (Å²) in [7, 11) is -3.87. The van der Waals surface area contributed by atoms with Gasteiger partial charge in [0.25, 0.3) is 5.91 Å². The summed E-state index contributed by atoms with van der Waals surface area (Å²) in [6.45, 7) is 3.61. The van der Waals surface area contributed by atoms with Crippen molar-refractivity contribution < 1.29 is 23.1 Å². The average molecular weight is 559 g/mol. The summed E-state index contributed by atoms with van der Waals surface area (Å²) in [4.78, 5) is 15.3. The van der Waals surface area contributed by atoms with Crippen molar-refractivity contribution in [2.75, 3.05) is 23.7 Å². The number of benzene rings is 2. The van der Waals surface area contributed by atoms with Crippen molar-refractivity contribution in [1.29, 1.82) is 0 Å². The molecular weight excluding hydrogens is 524 g/mol. The fourth-order valence-corrected chi connectivity index (χ4v) is 7.21. The van der Waals surface area contributed by atoms with Crippen LogP contribution in [-0.4, -0.2) is 44.4 Å². The van der Waals surface area contributed by atoms with Crippen LogP contribution in [0, 0.1) is 17.8 Å². The molecule has 1 aliphatic carbocycles.